The first-order valence-electron chi connectivity index (χ1n) is 6.91. The van der Waals surface area contributed by atoms with Crippen LogP contribution in [0.15, 0.2) is 0 Å². The lowest BCUT2D eigenvalue weighted by Gasteiger charge is -2.38. The summed E-state index contributed by atoms with van der Waals surface area (Å²) < 4.78 is 28.9. The van der Waals surface area contributed by atoms with Crippen LogP contribution in [0.3, 0.4) is 0 Å². The molecule has 5 nitrogen and oxygen atoms in total. The summed E-state index contributed by atoms with van der Waals surface area (Å²) in [7, 11) is -3.35. The second-order valence-corrected chi connectivity index (χ2v) is 6.95. The molecule has 2 unspecified atom stereocenters. The van der Waals surface area contributed by atoms with Gasteiger partial charge in [-0.15, -0.1) is 0 Å². The summed E-state index contributed by atoms with van der Waals surface area (Å²) in [6.07, 6.45) is 3.00. The van der Waals surface area contributed by atoms with E-state index in [1.165, 1.54) is 0 Å². The van der Waals surface area contributed by atoms with Gasteiger partial charge in [-0.25, -0.2) is 0 Å². The number of rotatable bonds is 6. The summed E-state index contributed by atoms with van der Waals surface area (Å²) in [6.45, 7) is 9.31. The van der Waals surface area contributed by atoms with Gasteiger partial charge in [-0.1, -0.05) is 13.3 Å². The van der Waals surface area contributed by atoms with Crippen molar-refractivity contribution in [3.05, 3.63) is 0 Å². The van der Waals surface area contributed by atoms with E-state index >= 15 is 0 Å². The van der Waals surface area contributed by atoms with Gasteiger partial charge in [-0.2, -0.15) is 17.4 Å². The van der Waals surface area contributed by atoms with Gasteiger partial charge in [-0.05, 0) is 40.2 Å². The largest absolute Gasteiger partial charge is 0.313 e. The molecule has 2 N–H and O–H groups in total. The van der Waals surface area contributed by atoms with E-state index in [1.54, 1.807) is 4.31 Å². The highest BCUT2D eigenvalue weighted by Crippen LogP contribution is 2.22. The molecule has 1 aliphatic heterocycles. The topological polar surface area (TPSA) is 61.4 Å². The summed E-state index contributed by atoms with van der Waals surface area (Å²) >= 11 is 0. The number of hydrogen-bond acceptors (Lipinski definition) is 3. The Hall–Kier alpha value is -0.170. The molecule has 0 saturated carbocycles. The molecule has 0 radical (unpaired) electrons. The Morgan fingerprint density at radius 1 is 1.28 bits per heavy atom. The molecule has 0 spiro atoms. The summed E-state index contributed by atoms with van der Waals surface area (Å²) in [6, 6.07) is 0.195. The van der Waals surface area contributed by atoms with Gasteiger partial charge in [0, 0.05) is 24.7 Å². The highest BCUT2D eigenvalue weighted by atomic mass is 32.2. The van der Waals surface area contributed by atoms with Gasteiger partial charge in [0.1, 0.15) is 0 Å². The first kappa shape index (κ1) is 15.9. The third kappa shape index (κ3) is 4.19. The molecular weight excluding hydrogens is 250 g/mol. The minimum atomic E-state index is -3.35. The van der Waals surface area contributed by atoms with Crippen LogP contribution in [0.5, 0.6) is 0 Å². The minimum absolute atomic E-state index is 0.0629. The zero-order valence-electron chi connectivity index (χ0n) is 11.9. The Bertz CT molecular complexity index is 343. The second kappa shape index (κ2) is 6.84. The Labute approximate surface area is 112 Å². The number of likely N-dealkylation sites (N-methyl/N-ethyl adjacent to an activating group) is 1. The number of nitrogens with zero attached hydrogens (tertiary/aromatic N) is 1. The average Bonchev–Trinajstić information content (AvgIpc) is 2.27. The molecule has 0 aromatic heterocycles. The smallest absolute Gasteiger partial charge is 0.279 e. The standard InChI is InChI=1S/C12H27N3O2S/c1-5-13-11(4)12-8-6-7-9-15(12)18(16,17)14-10(2)3/h10-14H,5-9H2,1-4H3. The first-order chi connectivity index (χ1) is 8.38. The molecular formula is C12H27N3O2S. The zero-order chi connectivity index (χ0) is 13.8. The lowest BCUT2D eigenvalue weighted by molar-refractivity contribution is 0.207. The second-order valence-electron chi connectivity index (χ2n) is 5.30. The van der Waals surface area contributed by atoms with Crippen LogP contribution >= 0.6 is 0 Å². The fourth-order valence-electron chi connectivity index (χ4n) is 2.55. The van der Waals surface area contributed by atoms with Crippen LogP contribution in [0, 0.1) is 0 Å². The molecule has 1 saturated heterocycles. The number of nitrogens with one attached hydrogen (secondary N) is 2. The quantitative estimate of drug-likeness (QED) is 0.764. The van der Waals surface area contributed by atoms with Crippen molar-refractivity contribution < 1.29 is 8.42 Å². The number of piperidine rings is 1. The van der Waals surface area contributed by atoms with E-state index in [-0.39, 0.29) is 18.1 Å². The molecule has 108 valence electrons. The van der Waals surface area contributed by atoms with E-state index < -0.39 is 10.2 Å². The fourth-order valence-corrected chi connectivity index (χ4v) is 4.30. The highest BCUT2D eigenvalue weighted by molar-refractivity contribution is 7.87. The van der Waals surface area contributed by atoms with Crippen molar-refractivity contribution in [1.29, 1.82) is 0 Å². The van der Waals surface area contributed by atoms with Crippen molar-refractivity contribution in [2.45, 2.75) is 65.1 Å². The highest BCUT2D eigenvalue weighted by Gasteiger charge is 2.35. The van der Waals surface area contributed by atoms with Gasteiger partial charge in [0.15, 0.2) is 0 Å². The van der Waals surface area contributed by atoms with Crippen LogP contribution in [-0.2, 0) is 10.2 Å². The zero-order valence-corrected chi connectivity index (χ0v) is 12.8. The SMILES string of the molecule is CCNC(C)C1CCCCN1S(=O)(=O)NC(C)C. The van der Waals surface area contributed by atoms with Crippen molar-refractivity contribution in [3.8, 4) is 0 Å². The van der Waals surface area contributed by atoms with Crippen LogP contribution in [-0.4, -0.2) is 43.9 Å². The Balaban J connectivity index is 2.81. The summed E-state index contributed by atoms with van der Waals surface area (Å²) in [5.74, 6) is 0. The molecule has 6 heteroatoms. The Morgan fingerprint density at radius 3 is 2.50 bits per heavy atom. The molecule has 2 atom stereocenters. The minimum Gasteiger partial charge on any atom is -0.313 e. The van der Waals surface area contributed by atoms with Crippen molar-refractivity contribution in [2.24, 2.45) is 0 Å². The van der Waals surface area contributed by atoms with Crippen molar-refractivity contribution in [2.75, 3.05) is 13.1 Å². The predicted molar refractivity (Wildman–Crippen MR) is 74.7 cm³/mol. The lowest BCUT2D eigenvalue weighted by Crippen LogP contribution is -2.56. The van der Waals surface area contributed by atoms with Gasteiger partial charge < -0.3 is 5.32 Å². The van der Waals surface area contributed by atoms with Gasteiger partial charge in [0.25, 0.3) is 10.2 Å². The van der Waals surface area contributed by atoms with Crippen LogP contribution in [0.25, 0.3) is 0 Å². The molecule has 0 bridgehead atoms. The van der Waals surface area contributed by atoms with Gasteiger partial charge in [-0.3, -0.25) is 0 Å². The normalized spacial score (nSPS) is 24.4. The predicted octanol–water partition coefficient (Wildman–Crippen LogP) is 1.08. The maximum atomic E-state index is 12.3. The summed E-state index contributed by atoms with van der Waals surface area (Å²) in [4.78, 5) is 0. The van der Waals surface area contributed by atoms with E-state index in [4.69, 9.17) is 0 Å². The van der Waals surface area contributed by atoms with E-state index in [2.05, 4.69) is 17.0 Å². The van der Waals surface area contributed by atoms with Crippen LogP contribution in [0.1, 0.15) is 47.0 Å². The van der Waals surface area contributed by atoms with Crippen molar-refractivity contribution in [3.63, 3.8) is 0 Å². The van der Waals surface area contributed by atoms with Crippen molar-refractivity contribution >= 4 is 10.2 Å². The van der Waals surface area contributed by atoms with Gasteiger partial charge in [0.2, 0.25) is 0 Å². The van der Waals surface area contributed by atoms with Gasteiger partial charge >= 0.3 is 0 Å². The third-order valence-electron chi connectivity index (χ3n) is 3.29. The molecule has 1 aliphatic rings. The fraction of sp³-hybridized carbons (Fsp3) is 1.00. The Morgan fingerprint density at radius 2 is 1.94 bits per heavy atom. The van der Waals surface area contributed by atoms with E-state index in [1.807, 2.05) is 20.8 Å². The summed E-state index contributed by atoms with van der Waals surface area (Å²) in [5.41, 5.74) is 0. The molecule has 1 heterocycles. The molecule has 0 aliphatic carbocycles. The van der Waals surface area contributed by atoms with E-state index in [0.717, 1.165) is 25.8 Å². The third-order valence-corrected chi connectivity index (χ3v) is 5.13. The molecule has 18 heavy (non-hydrogen) atoms. The monoisotopic (exact) mass is 277 g/mol. The molecule has 0 amide bonds. The molecule has 1 fully saturated rings. The van der Waals surface area contributed by atoms with E-state index in [9.17, 15) is 8.42 Å². The van der Waals surface area contributed by atoms with Crippen molar-refractivity contribution in [1.82, 2.24) is 14.3 Å². The number of hydrogen-bond donors (Lipinski definition) is 2. The Kier molecular flexibility index (Phi) is 6.04. The maximum Gasteiger partial charge on any atom is 0.279 e. The summed E-state index contributed by atoms with van der Waals surface area (Å²) in [5, 5.41) is 3.34. The van der Waals surface area contributed by atoms with Crippen LogP contribution in [0.2, 0.25) is 0 Å². The average molecular weight is 277 g/mol. The molecule has 1 rings (SSSR count). The van der Waals surface area contributed by atoms with E-state index in [0.29, 0.717) is 6.54 Å². The lowest BCUT2D eigenvalue weighted by atomic mass is 9.99. The van der Waals surface area contributed by atoms with Gasteiger partial charge in [0.05, 0.1) is 0 Å². The van der Waals surface area contributed by atoms with Crippen LogP contribution in [0.4, 0.5) is 0 Å². The maximum absolute atomic E-state index is 12.3. The molecule has 0 aromatic carbocycles. The van der Waals surface area contributed by atoms with Crippen LogP contribution < -0.4 is 10.0 Å². The molecule has 0 aromatic rings. The first-order valence-corrected chi connectivity index (χ1v) is 8.35.